The molecule has 0 bridgehead atoms. The van der Waals surface area contributed by atoms with Gasteiger partial charge in [0.25, 0.3) is 0 Å². The number of hydrazone groups is 2. The van der Waals surface area contributed by atoms with E-state index < -0.39 is 89.1 Å². The second kappa shape index (κ2) is 22.1. The molecule has 6 rings (SSSR count). The largest absolute Gasteiger partial charge is 1.00 e. The molecule has 312 valence electrons. The zero-order valence-electron chi connectivity index (χ0n) is 34.2. The van der Waals surface area contributed by atoms with Crippen molar-refractivity contribution in [1.82, 2.24) is 0 Å². The number of Topliss-reactive ketones (excluding diaryl/α,β-unsaturated/α-hetero) is 2. The van der Waals surface area contributed by atoms with Gasteiger partial charge in [0, 0.05) is 22.5 Å². The molecular formula is C35H24N6Na4O15S4. The fourth-order valence-electron chi connectivity index (χ4n) is 5.78. The van der Waals surface area contributed by atoms with Crippen LogP contribution in [-0.4, -0.2) is 80.9 Å². The molecule has 0 heterocycles. The average Bonchev–Trinajstić information content (AvgIpc) is 3.13. The number of fused-ring (bicyclic) bond motifs is 2. The number of rotatable bonds is 10. The summed E-state index contributed by atoms with van der Waals surface area (Å²) >= 11 is 0. The Morgan fingerprint density at radius 3 is 1.14 bits per heavy atom. The van der Waals surface area contributed by atoms with Gasteiger partial charge in [0.15, 0.2) is 0 Å². The first kappa shape index (κ1) is 57.7. The van der Waals surface area contributed by atoms with E-state index in [2.05, 4.69) is 31.7 Å². The minimum Gasteiger partial charge on any atom is -0.744 e. The van der Waals surface area contributed by atoms with E-state index in [-0.39, 0.29) is 174 Å². The number of aryl methyl sites for hydroxylation is 2. The SMILES string of the molecule is Cc1cc(S(=O)(=O)[O-])ccc1NN=C1C(=O)c2ccc(NC(=O)Nc3ccc4c(c3)C=C(S(=O)(=O)[O-])C(=NNc3ccc(S(=O)(=O)[O-])cc3C)C4=O)cc2C=C1S(=O)(=O)[O-].[Na+].[Na+].[Na+].[Na+]. The quantitative estimate of drug-likeness (QED) is 0.0651. The summed E-state index contributed by atoms with van der Waals surface area (Å²) in [6, 6.07) is 12.6. The van der Waals surface area contributed by atoms with Crippen LogP contribution < -0.4 is 140 Å². The van der Waals surface area contributed by atoms with Crippen LogP contribution in [0.1, 0.15) is 43.0 Å². The van der Waals surface area contributed by atoms with E-state index in [0.717, 1.165) is 48.6 Å². The molecule has 0 saturated carbocycles. The monoisotopic (exact) mass is 988 g/mol. The molecule has 0 radical (unpaired) electrons. The molecule has 4 aromatic carbocycles. The molecule has 0 spiro atoms. The number of amides is 2. The van der Waals surface area contributed by atoms with Crippen LogP contribution in [-0.2, 0) is 40.5 Å². The van der Waals surface area contributed by atoms with Gasteiger partial charge in [-0.2, -0.15) is 10.2 Å². The second-order valence-electron chi connectivity index (χ2n) is 12.8. The van der Waals surface area contributed by atoms with Gasteiger partial charge in [-0.3, -0.25) is 20.4 Å². The smallest absolute Gasteiger partial charge is 0.744 e. The number of ketones is 2. The Bertz CT molecular complexity index is 2990. The van der Waals surface area contributed by atoms with Crippen LogP contribution in [0.3, 0.4) is 0 Å². The zero-order chi connectivity index (χ0) is 44.1. The molecular weight excluding hydrogens is 965 g/mol. The number of urea groups is 1. The van der Waals surface area contributed by atoms with E-state index in [0.29, 0.717) is 0 Å². The second-order valence-corrected chi connectivity index (χ2v) is 18.2. The van der Waals surface area contributed by atoms with Crippen LogP contribution in [0.4, 0.5) is 27.5 Å². The summed E-state index contributed by atoms with van der Waals surface area (Å²) in [4.78, 5) is 36.6. The third kappa shape index (κ3) is 13.4. The van der Waals surface area contributed by atoms with Gasteiger partial charge < -0.3 is 28.8 Å². The molecule has 0 fully saturated rings. The average molecular weight is 989 g/mol. The van der Waals surface area contributed by atoms with Crippen LogP contribution >= 0.6 is 0 Å². The predicted molar refractivity (Wildman–Crippen MR) is 210 cm³/mol. The van der Waals surface area contributed by atoms with Crippen LogP contribution in [0.25, 0.3) is 12.2 Å². The van der Waals surface area contributed by atoms with E-state index in [9.17, 15) is 66.3 Å². The van der Waals surface area contributed by atoms with Gasteiger partial charge in [0.05, 0.1) is 31.0 Å². The fraction of sp³-hybridized carbons (Fsp3) is 0.0571. The van der Waals surface area contributed by atoms with E-state index in [1.807, 2.05) is 0 Å². The molecule has 2 aliphatic rings. The summed E-state index contributed by atoms with van der Waals surface area (Å²) in [7, 11) is -20.3. The minimum absolute atomic E-state index is 0. The maximum Gasteiger partial charge on any atom is 1.00 e. The van der Waals surface area contributed by atoms with Gasteiger partial charge in [-0.05, 0) is 121 Å². The Morgan fingerprint density at radius 1 is 0.500 bits per heavy atom. The standard InChI is InChI=1S/C35H28N6O15S4.4Na/c1-17-11-23(57(45,46)47)5-9-27(17)38-40-31-29(59(51,52)53)15-19-13-21(3-7-25(19)33(31)42)36-35(44)37-22-4-8-26-20(14-22)16-30(60(54,55)56)32(34(26)43)41-39-28-10-6-24(12-18(28)2)58(48,49)50;;;;/h3-16,38-39H,1-2H3,(H2,36,37,44)(H,45,46,47)(H,48,49,50)(H,51,52,53)(H,54,55,56);;;;/q;4*+1/p-4. The van der Waals surface area contributed by atoms with Crippen molar-refractivity contribution < 1.29 is 184 Å². The van der Waals surface area contributed by atoms with Gasteiger partial charge >= 0.3 is 124 Å². The van der Waals surface area contributed by atoms with E-state index in [4.69, 9.17) is 0 Å². The molecule has 0 unspecified atom stereocenters. The molecule has 0 aliphatic heterocycles. The van der Waals surface area contributed by atoms with Crippen LogP contribution in [0.15, 0.2) is 103 Å². The van der Waals surface area contributed by atoms with Gasteiger partial charge in [-0.1, -0.05) is 0 Å². The number of anilines is 4. The number of carbonyl (C=O) groups is 3. The molecule has 0 aromatic heterocycles. The van der Waals surface area contributed by atoms with Crippen LogP contribution in [0, 0.1) is 13.8 Å². The summed E-state index contributed by atoms with van der Waals surface area (Å²) in [6.07, 6.45) is 1.70. The van der Waals surface area contributed by atoms with E-state index in [1.165, 1.54) is 50.2 Å². The summed E-state index contributed by atoms with van der Waals surface area (Å²) in [5.74, 6) is -2.02. The topological polar surface area (TPSA) is 353 Å². The third-order valence-corrected chi connectivity index (χ3v) is 12.0. The first-order chi connectivity index (χ1) is 27.8. The van der Waals surface area contributed by atoms with Crippen molar-refractivity contribution in [3.05, 3.63) is 116 Å². The van der Waals surface area contributed by atoms with Crippen molar-refractivity contribution in [3.8, 4) is 0 Å². The Balaban J connectivity index is 0.00000352. The summed E-state index contributed by atoms with van der Waals surface area (Å²) in [5.41, 5.74) is 3.20. The van der Waals surface area contributed by atoms with Crippen molar-refractivity contribution in [2.45, 2.75) is 23.6 Å². The van der Waals surface area contributed by atoms with Gasteiger partial charge in [0.1, 0.15) is 51.9 Å². The normalized spacial score (nSPS) is 14.8. The number of carbonyl (C=O) groups excluding carboxylic acids is 3. The molecule has 29 heteroatoms. The maximum atomic E-state index is 13.4. The molecule has 4 aromatic rings. The van der Waals surface area contributed by atoms with Gasteiger partial charge in [0.2, 0.25) is 11.6 Å². The number of hydrogen-bond acceptors (Lipinski definition) is 19. The van der Waals surface area contributed by atoms with Crippen LogP contribution in [0.5, 0.6) is 0 Å². The first-order valence-electron chi connectivity index (χ1n) is 16.4. The van der Waals surface area contributed by atoms with Crippen molar-refractivity contribution in [2.24, 2.45) is 10.2 Å². The third-order valence-electron chi connectivity index (χ3n) is 8.67. The fourth-order valence-corrected chi connectivity index (χ4v) is 8.19. The summed E-state index contributed by atoms with van der Waals surface area (Å²) < 4.78 is 141. The number of benzene rings is 4. The molecule has 0 saturated heterocycles. The van der Waals surface area contributed by atoms with Crippen molar-refractivity contribution >= 4 is 104 Å². The Labute approximate surface area is 454 Å². The molecule has 64 heavy (non-hydrogen) atoms. The molecule has 0 atom stereocenters. The predicted octanol–water partition coefficient (Wildman–Crippen LogP) is -9.13. The van der Waals surface area contributed by atoms with E-state index >= 15 is 0 Å². The van der Waals surface area contributed by atoms with Crippen molar-refractivity contribution in [3.63, 3.8) is 0 Å². The van der Waals surface area contributed by atoms with Crippen molar-refractivity contribution in [2.75, 3.05) is 21.5 Å². The Kier molecular flexibility index (Phi) is 19.9. The maximum absolute atomic E-state index is 13.4. The van der Waals surface area contributed by atoms with Gasteiger partial charge in [-0.25, -0.2) is 38.5 Å². The number of nitrogens with one attached hydrogen (secondary N) is 4. The zero-order valence-corrected chi connectivity index (χ0v) is 45.5. The number of nitrogens with zero attached hydrogens (tertiary/aromatic N) is 2. The summed E-state index contributed by atoms with van der Waals surface area (Å²) in [6.45, 7) is 2.80. The molecule has 4 N–H and O–H groups in total. The number of allylic oxidation sites excluding steroid dienone is 2. The minimum atomic E-state index is -5.35. The van der Waals surface area contributed by atoms with Crippen LogP contribution in [0.2, 0.25) is 0 Å². The Morgan fingerprint density at radius 2 is 0.844 bits per heavy atom. The number of hydrogen-bond donors (Lipinski definition) is 4. The Hall–Kier alpha value is -2.45. The molecule has 2 aliphatic carbocycles. The summed E-state index contributed by atoms with van der Waals surface area (Å²) in [5, 5.41) is 12.5. The van der Waals surface area contributed by atoms with Crippen molar-refractivity contribution in [1.29, 1.82) is 0 Å². The molecule has 2 amide bonds. The van der Waals surface area contributed by atoms with E-state index in [1.54, 1.807) is 0 Å². The van der Waals surface area contributed by atoms with Gasteiger partial charge in [-0.15, -0.1) is 0 Å². The molecule has 21 nitrogen and oxygen atoms in total. The first-order valence-corrected chi connectivity index (χ1v) is 22.1.